The molecule has 1 aliphatic rings. The molecule has 1 aromatic rings. The second kappa shape index (κ2) is 14.3. The molecule has 1 aromatic carbocycles. The first-order valence-electron chi connectivity index (χ1n) is 5.22. The number of nitrogens with zero attached hydrogens (tertiary/aromatic N) is 1. The zero-order valence-corrected chi connectivity index (χ0v) is 14.1. The quantitative estimate of drug-likeness (QED) is 0.276. The van der Waals surface area contributed by atoms with E-state index in [1.807, 2.05) is 36.8 Å². The first-order chi connectivity index (χ1) is 8.24. The van der Waals surface area contributed by atoms with Gasteiger partial charge < -0.3 is 29.9 Å². The molecule has 0 unspecified atom stereocenters. The predicted octanol–water partition coefficient (Wildman–Crippen LogP) is -3.51. The van der Waals surface area contributed by atoms with E-state index in [0.29, 0.717) is 5.56 Å². The van der Waals surface area contributed by atoms with Crippen molar-refractivity contribution >= 4 is 6.21 Å². The Kier molecular flexibility index (Phi) is 17.1. The standard InChI is InChI=1S/C8H9NO.C7H6.2ClH.Ru/c1-9-6-7-4-2-3-5-8(7)10;1-7-5-3-2-4-6-7;;;/h2-6,10H,1H3;1-6H;2*1H;/q;;;;+3/p-3. The van der Waals surface area contributed by atoms with E-state index in [9.17, 15) is 5.11 Å². The summed E-state index contributed by atoms with van der Waals surface area (Å²) >= 11 is 0. The van der Waals surface area contributed by atoms with E-state index in [0.717, 1.165) is 5.57 Å². The van der Waals surface area contributed by atoms with Crippen LogP contribution in [0.3, 0.4) is 0 Å². The maximum Gasteiger partial charge on any atom is 3.00 e. The van der Waals surface area contributed by atoms with Crippen LogP contribution in [-0.2, 0) is 19.5 Å². The minimum atomic E-state index is 0. The van der Waals surface area contributed by atoms with Crippen LogP contribution in [-0.4, -0.2) is 13.3 Å². The van der Waals surface area contributed by atoms with Crippen molar-refractivity contribution in [3.8, 4) is 5.75 Å². The number of allylic oxidation sites excluding steroid dienone is 5. The third kappa shape index (κ3) is 9.78. The summed E-state index contributed by atoms with van der Waals surface area (Å²) in [5.74, 6) is 0.0214. The Morgan fingerprint density at radius 3 is 2.10 bits per heavy atom. The summed E-state index contributed by atoms with van der Waals surface area (Å²) in [6, 6.07) is 6.81. The third-order valence-electron chi connectivity index (χ3n) is 1.99. The Labute approximate surface area is 146 Å². The molecule has 0 fully saturated rings. The van der Waals surface area contributed by atoms with Crippen molar-refractivity contribution in [2.45, 2.75) is 0 Å². The van der Waals surface area contributed by atoms with Crippen molar-refractivity contribution in [2.24, 2.45) is 4.99 Å². The van der Waals surface area contributed by atoms with Crippen LogP contribution in [0, 0.1) is 13.0 Å². The minimum absolute atomic E-state index is 0. The molecule has 0 saturated heterocycles. The van der Waals surface area contributed by atoms with E-state index in [4.69, 9.17) is 6.58 Å². The van der Waals surface area contributed by atoms with Gasteiger partial charge in [-0.1, -0.05) is 30.8 Å². The van der Waals surface area contributed by atoms with E-state index in [1.54, 1.807) is 25.4 Å². The van der Waals surface area contributed by atoms with Crippen LogP contribution in [0.1, 0.15) is 5.56 Å². The number of aliphatic imine (C=N–C) groups is 1. The molecule has 1 aliphatic carbocycles. The molecule has 20 heavy (non-hydrogen) atoms. The molecule has 1 radical (unpaired) electrons. The molecule has 0 heterocycles. The van der Waals surface area contributed by atoms with Crippen molar-refractivity contribution in [3.63, 3.8) is 0 Å². The summed E-state index contributed by atoms with van der Waals surface area (Å²) in [4.78, 5) is 3.74. The summed E-state index contributed by atoms with van der Waals surface area (Å²) < 4.78 is 0. The van der Waals surface area contributed by atoms with Gasteiger partial charge in [0.25, 0.3) is 0 Å². The van der Waals surface area contributed by atoms with Gasteiger partial charge in [-0.2, -0.15) is 18.6 Å². The summed E-state index contributed by atoms with van der Waals surface area (Å²) in [5.41, 5.74) is 1.47. The van der Waals surface area contributed by atoms with Gasteiger partial charge in [-0.15, -0.1) is 17.9 Å². The molecule has 107 valence electrons. The number of hydrogen-bond donors (Lipinski definition) is 0. The van der Waals surface area contributed by atoms with Gasteiger partial charge in [0.1, 0.15) is 0 Å². The second-order valence-corrected chi connectivity index (χ2v) is 3.34. The van der Waals surface area contributed by atoms with Gasteiger partial charge in [-0.25, -0.2) is 0 Å². The zero-order chi connectivity index (χ0) is 12.5. The number of halogens is 2. The molecule has 0 atom stereocenters. The predicted molar refractivity (Wildman–Crippen MR) is 69.8 cm³/mol. The summed E-state index contributed by atoms with van der Waals surface area (Å²) in [7, 11) is 1.65. The Bertz CT molecular complexity index is 457. The number of benzene rings is 1. The zero-order valence-electron chi connectivity index (χ0n) is 10.8. The van der Waals surface area contributed by atoms with E-state index in [1.165, 1.54) is 6.07 Å². The van der Waals surface area contributed by atoms with Crippen LogP contribution in [0.2, 0.25) is 0 Å². The van der Waals surface area contributed by atoms with Crippen LogP contribution in [0.5, 0.6) is 5.75 Å². The van der Waals surface area contributed by atoms with E-state index in [-0.39, 0.29) is 50.0 Å². The van der Waals surface area contributed by atoms with Crippen molar-refractivity contribution < 1.29 is 49.4 Å². The molecule has 0 amide bonds. The Balaban J connectivity index is -0.000000262. The summed E-state index contributed by atoms with van der Waals surface area (Å²) in [6.07, 6.45) is 11.0. The van der Waals surface area contributed by atoms with Gasteiger partial charge >= 0.3 is 19.5 Å². The normalized spacial score (nSPS) is 11.1. The van der Waals surface area contributed by atoms with Gasteiger partial charge in [0.15, 0.2) is 0 Å². The van der Waals surface area contributed by atoms with Crippen LogP contribution >= 0.6 is 0 Å². The van der Waals surface area contributed by atoms with E-state index < -0.39 is 0 Å². The molecule has 5 heteroatoms. The van der Waals surface area contributed by atoms with Crippen LogP contribution in [0.4, 0.5) is 0 Å². The molecule has 2 nitrogen and oxygen atoms in total. The Hall–Kier alpha value is -1.11. The third-order valence-corrected chi connectivity index (χ3v) is 1.99. The van der Waals surface area contributed by atoms with E-state index in [2.05, 4.69) is 4.99 Å². The first kappa shape index (κ1) is 23.9. The monoisotopic (exact) mass is 396 g/mol. The number of para-hydroxylation sites is 1. The molecule has 0 saturated carbocycles. The average Bonchev–Trinajstić information content (AvgIpc) is 2.34. The Morgan fingerprint density at radius 1 is 1.15 bits per heavy atom. The maximum atomic E-state index is 10.9. The van der Waals surface area contributed by atoms with E-state index >= 15 is 0 Å². The molecular formula is C15H14Cl2NORu. The SMILES string of the molecule is CN=Cc1ccccc1[O-].[CH+]=C1C=C[CH-]C=C1.[Cl-].[Cl-].[Ru+3]. The fourth-order valence-electron chi connectivity index (χ4n) is 1.18. The molecule has 0 aromatic heterocycles. The van der Waals surface area contributed by atoms with Crippen LogP contribution in [0.25, 0.3) is 0 Å². The topological polar surface area (TPSA) is 35.4 Å². The molecule has 0 N–H and O–H groups in total. The minimum Gasteiger partial charge on any atom is -1.00 e. The fourth-order valence-corrected chi connectivity index (χ4v) is 1.18. The molecule has 0 bridgehead atoms. The number of rotatable bonds is 1. The van der Waals surface area contributed by atoms with Gasteiger partial charge in [0.05, 0.1) is 0 Å². The van der Waals surface area contributed by atoms with Crippen molar-refractivity contribution in [3.05, 3.63) is 72.7 Å². The van der Waals surface area contributed by atoms with Gasteiger partial charge in [0.2, 0.25) is 0 Å². The molecule has 2 rings (SSSR count). The van der Waals surface area contributed by atoms with Gasteiger partial charge in [0, 0.05) is 13.3 Å². The van der Waals surface area contributed by atoms with Gasteiger partial charge in [-0.05, 0) is 11.1 Å². The Morgan fingerprint density at radius 2 is 1.70 bits per heavy atom. The molecule has 0 aliphatic heterocycles. The fraction of sp³-hybridized carbons (Fsp3) is 0.0667. The van der Waals surface area contributed by atoms with Crippen LogP contribution < -0.4 is 29.9 Å². The first-order valence-corrected chi connectivity index (χ1v) is 5.22. The average molecular weight is 396 g/mol. The maximum absolute atomic E-state index is 10.9. The summed E-state index contributed by atoms with van der Waals surface area (Å²) in [6.45, 7) is 5.36. The largest absolute Gasteiger partial charge is 3.00 e. The van der Waals surface area contributed by atoms with Crippen LogP contribution in [0.15, 0.2) is 59.1 Å². The smallest absolute Gasteiger partial charge is 1.00 e. The van der Waals surface area contributed by atoms with Crippen molar-refractivity contribution in [1.82, 2.24) is 0 Å². The molecule has 0 spiro atoms. The summed E-state index contributed by atoms with van der Waals surface area (Å²) in [5, 5.41) is 10.9. The van der Waals surface area contributed by atoms with Gasteiger partial charge in [-0.3, -0.25) is 4.99 Å². The second-order valence-electron chi connectivity index (χ2n) is 3.34. The van der Waals surface area contributed by atoms with Crippen molar-refractivity contribution in [1.29, 1.82) is 0 Å². The molecular weight excluding hydrogens is 382 g/mol. The number of hydrogen-bond acceptors (Lipinski definition) is 2. The van der Waals surface area contributed by atoms with Crippen molar-refractivity contribution in [2.75, 3.05) is 7.05 Å².